The van der Waals surface area contributed by atoms with Gasteiger partial charge in [0.05, 0.1) is 5.75 Å². The molecule has 1 aromatic heterocycles. The molecule has 9 heteroatoms. The maximum absolute atomic E-state index is 12.2. The van der Waals surface area contributed by atoms with Crippen LogP contribution in [-0.2, 0) is 14.6 Å². The molecule has 0 radical (unpaired) electrons. The van der Waals surface area contributed by atoms with Crippen LogP contribution in [0.25, 0.3) is 0 Å². The first-order valence-electron chi connectivity index (χ1n) is 6.88. The zero-order chi connectivity index (χ0) is 15.9. The van der Waals surface area contributed by atoms with E-state index in [9.17, 15) is 13.2 Å². The molecule has 1 heterocycles. The Hall–Kier alpha value is -1.48. The zero-order valence-electron chi connectivity index (χ0n) is 12.7. The van der Waals surface area contributed by atoms with Crippen LogP contribution in [0.1, 0.15) is 26.7 Å². The van der Waals surface area contributed by atoms with Crippen LogP contribution in [0.2, 0.25) is 0 Å². The van der Waals surface area contributed by atoms with Crippen molar-refractivity contribution in [2.45, 2.75) is 31.8 Å². The van der Waals surface area contributed by atoms with Crippen LogP contribution in [0.5, 0.6) is 0 Å². The highest BCUT2D eigenvalue weighted by molar-refractivity contribution is 7.91. The Kier molecular flexibility index (Phi) is 6.76. The molecular weight excluding hydrogens is 296 g/mol. The number of hydrogen-bond donors (Lipinski definition) is 0. The second kappa shape index (κ2) is 8.08. The van der Waals surface area contributed by atoms with Gasteiger partial charge in [-0.15, -0.1) is 5.10 Å². The summed E-state index contributed by atoms with van der Waals surface area (Å²) in [6.07, 6.45) is 2.32. The molecule has 0 N–H and O–H groups in total. The summed E-state index contributed by atoms with van der Waals surface area (Å²) >= 11 is 0. The highest BCUT2D eigenvalue weighted by Crippen LogP contribution is 2.06. The van der Waals surface area contributed by atoms with Gasteiger partial charge >= 0.3 is 6.03 Å². The summed E-state index contributed by atoms with van der Waals surface area (Å²) in [6.45, 7) is 5.17. The Balaban J connectivity index is 2.81. The van der Waals surface area contributed by atoms with Gasteiger partial charge < -0.3 is 9.64 Å². The van der Waals surface area contributed by atoms with Crippen LogP contribution in [0.4, 0.5) is 4.79 Å². The number of ether oxygens (including phenoxy) is 1. The van der Waals surface area contributed by atoms with Gasteiger partial charge in [0, 0.05) is 26.8 Å². The number of carbonyl (C=O) groups is 1. The highest BCUT2D eigenvalue weighted by Gasteiger charge is 2.22. The van der Waals surface area contributed by atoms with Crippen molar-refractivity contribution in [2.24, 2.45) is 0 Å². The molecule has 1 rings (SSSR count). The van der Waals surface area contributed by atoms with Crippen LogP contribution in [-0.4, -0.2) is 66.7 Å². The molecule has 0 aliphatic rings. The van der Waals surface area contributed by atoms with Gasteiger partial charge in [-0.25, -0.2) is 18.2 Å². The van der Waals surface area contributed by atoms with Gasteiger partial charge in [0.25, 0.3) is 5.16 Å². The predicted octanol–water partition coefficient (Wildman–Crippen LogP) is 0.788. The third-order valence-electron chi connectivity index (χ3n) is 2.85. The number of methoxy groups -OCH3 is 1. The molecule has 0 aliphatic heterocycles. The minimum atomic E-state index is -3.51. The summed E-state index contributed by atoms with van der Waals surface area (Å²) < 4.78 is 29.6. The van der Waals surface area contributed by atoms with E-state index in [1.54, 1.807) is 18.9 Å². The van der Waals surface area contributed by atoms with Crippen LogP contribution >= 0.6 is 0 Å². The van der Waals surface area contributed by atoms with Gasteiger partial charge in [-0.3, -0.25) is 0 Å². The SMILES string of the molecule is CCCS(=O)(=O)c1ncn(C(=O)N(CC)CCCOC)n1. The lowest BCUT2D eigenvalue weighted by Gasteiger charge is -2.19. The Labute approximate surface area is 125 Å². The molecule has 120 valence electrons. The second-order valence-electron chi connectivity index (χ2n) is 4.50. The molecule has 0 saturated carbocycles. The summed E-state index contributed by atoms with van der Waals surface area (Å²) in [4.78, 5) is 17.5. The molecule has 1 amide bonds. The van der Waals surface area contributed by atoms with Gasteiger partial charge in [0.15, 0.2) is 0 Å². The van der Waals surface area contributed by atoms with Crippen molar-refractivity contribution in [3.05, 3.63) is 6.33 Å². The van der Waals surface area contributed by atoms with E-state index in [2.05, 4.69) is 10.1 Å². The fraction of sp³-hybridized carbons (Fsp3) is 0.750. The summed E-state index contributed by atoms with van der Waals surface area (Å²) in [5, 5.41) is 3.49. The molecule has 0 saturated heterocycles. The summed E-state index contributed by atoms with van der Waals surface area (Å²) in [5.41, 5.74) is 0. The number of aromatic nitrogens is 3. The summed E-state index contributed by atoms with van der Waals surface area (Å²) in [6, 6.07) is -0.390. The standard InChI is InChI=1S/C12H22N4O4S/c1-4-9-21(18,19)11-13-10-16(14-11)12(17)15(5-2)7-6-8-20-3/h10H,4-9H2,1-3H3. The van der Waals surface area contributed by atoms with Crippen LogP contribution < -0.4 is 0 Å². The van der Waals surface area contributed by atoms with E-state index in [-0.39, 0.29) is 16.9 Å². The Morgan fingerprint density at radius 3 is 2.71 bits per heavy atom. The first-order chi connectivity index (χ1) is 9.96. The molecule has 1 aromatic rings. The Bertz CT molecular complexity index is 555. The lowest BCUT2D eigenvalue weighted by molar-refractivity contribution is 0.169. The van der Waals surface area contributed by atoms with E-state index >= 15 is 0 Å². The average molecular weight is 318 g/mol. The van der Waals surface area contributed by atoms with Crippen LogP contribution in [0, 0.1) is 0 Å². The molecule has 0 atom stereocenters. The molecule has 0 bridgehead atoms. The van der Waals surface area contributed by atoms with E-state index in [0.29, 0.717) is 32.5 Å². The van der Waals surface area contributed by atoms with Crippen molar-refractivity contribution in [3.8, 4) is 0 Å². The molecule has 21 heavy (non-hydrogen) atoms. The summed E-state index contributed by atoms with van der Waals surface area (Å²) in [7, 11) is -1.91. The van der Waals surface area contributed by atoms with E-state index in [1.807, 2.05) is 6.92 Å². The molecule has 8 nitrogen and oxygen atoms in total. The highest BCUT2D eigenvalue weighted by atomic mass is 32.2. The maximum atomic E-state index is 12.2. The Morgan fingerprint density at radius 1 is 1.43 bits per heavy atom. The van der Waals surface area contributed by atoms with Crippen LogP contribution in [0.3, 0.4) is 0 Å². The third kappa shape index (κ3) is 4.78. The monoisotopic (exact) mass is 318 g/mol. The van der Waals surface area contributed by atoms with Gasteiger partial charge in [0.2, 0.25) is 9.84 Å². The second-order valence-corrected chi connectivity index (χ2v) is 6.50. The van der Waals surface area contributed by atoms with Crippen molar-refractivity contribution in [2.75, 3.05) is 32.6 Å². The number of sulfone groups is 1. The summed E-state index contributed by atoms with van der Waals surface area (Å²) in [5.74, 6) is -0.0312. The topological polar surface area (TPSA) is 94.4 Å². The average Bonchev–Trinajstić information content (AvgIpc) is 2.93. The predicted molar refractivity (Wildman–Crippen MR) is 76.9 cm³/mol. The molecule has 0 aromatic carbocycles. The number of hydrogen-bond acceptors (Lipinski definition) is 6. The van der Waals surface area contributed by atoms with E-state index < -0.39 is 9.84 Å². The molecule has 0 aliphatic carbocycles. The smallest absolute Gasteiger partial charge is 0.346 e. The molecular formula is C12H22N4O4S. The first kappa shape index (κ1) is 17.6. The van der Waals surface area contributed by atoms with Gasteiger partial charge in [-0.2, -0.15) is 4.68 Å². The van der Waals surface area contributed by atoms with Gasteiger partial charge in [-0.1, -0.05) is 6.92 Å². The normalized spacial score (nSPS) is 11.6. The van der Waals surface area contributed by atoms with Gasteiger partial charge in [-0.05, 0) is 19.8 Å². The lowest BCUT2D eigenvalue weighted by atomic mass is 10.4. The van der Waals surface area contributed by atoms with E-state index in [0.717, 1.165) is 11.0 Å². The quantitative estimate of drug-likeness (QED) is 0.658. The zero-order valence-corrected chi connectivity index (χ0v) is 13.5. The van der Waals surface area contributed by atoms with Crippen molar-refractivity contribution in [1.29, 1.82) is 0 Å². The van der Waals surface area contributed by atoms with Crippen LogP contribution in [0.15, 0.2) is 11.5 Å². The third-order valence-corrected chi connectivity index (χ3v) is 4.54. The van der Waals surface area contributed by atoms with Crippen molar-refractivity contribution >= 4 is 15.9 Å². The first-order valence-corrected chi connectivity index (χ1v) is 8.54. The fourth-order valence-electron chi connectivity index (χ4n) is 1.78. The minimum Gasteiger partial charge on any atom is -0.385 e. The maximum Gasteiger partial charge on any atom is 0.346 e. The number of amides is 1. The van der Waals surface area contributed by atoms with Crippen molar-refractivity contribution in [3.63, 3.8) is 0 Å². The van der Waals surface area contributed by atoms with E-state index in [4.69, 9.17) is 4.74 Å². The molecule has 0 spiro atoms. The lowest BCUT2D eigenvalue weighted by Crippen LogP contribution is -2.36. The van der Waals surface area contributed by atoms with Crippen molar-refractivity contribution < 1.29 is 17.9 Å². The fourth-order valence-corrected chi connectivity index (χ4v) is 2.92. The number of carbonyl (C=O) groups excluding carboxylic acids is 1. The minimum absolute atomic E-state index is 0.0312. The largest absolute Gasteiger partial charge is 0.385 e. The number of nitrogens with zero attached hydrogens (tertiary/aromatic N) is 4. The molecule has 0 fully saturated rings. The van der Waals surface area contributed by atoms with Gasteiger partial charge in [0.1, 0.15) is 6.33 Å². The van der Waals surface area contributed by atoms with Crippen molar-refractivity contribution in [1.82, 2.24) is 19.7 Å². The number of rotatable bonds is 8. The Morgan fingerprint density at radius 2 is 2.14 bits per heavy atom. The molecule has 0 unspecified atom stereocenters. The van der Waals surface area contributed by atoms with E-state index in [1.165, 1.54) is 0 Å².